The molecule has 1 fully saturated rings. The lowest BCUT2D eigenvalue weighted by molar-refractivity contribution is 0.0698. The van der Waals surface area contributed by atoms with E-state index >= 15 is 0 Å². The fourth-order valence-electron chi connectivity index (χ4n) is 2.21. The third-order valence-corrected chi connectivity index (χ3v) is 4.24. The number of halogens is 1. The molecule has 2 unspecified atom stereocenters. The fourth-order valence-corrected chi connectivity index (χ4v) is 2.58. The number of nitrogens with one attached hydrogen (secondary N) is 2. The number of aromatic carboxylic acids is 1. The van der Waals surface area contributed by atoms with E-state index in [9.17, 15) is 9.59 Å². The topological polar surface area (TPSA) is 87.7 Å². The molecule has 0 spiro atoms. The number of hydrogen-bond donors (Lipinski definition) is 3. The molecule has 6 nitrogen and oxygen atoms in total. The summed E-state index contributed by atoms with van der Waals surface area (Å²) >= 11 is 3.21. The van der Waals surface area contributed by atoms with E-state index in [0.717, 1.165) is 0 Å². The molecule has 21 heavy (non-hydrogen) atoms. The Hall–Kier alpha value is -1.60. The summed E-state index contributed by atoms with van der Waals surface area (Å²) in [6.07, 6.45) is 0.625. The van der Waals surface area contributed by atoms with Crippen molar-refractivity contribution in [3.8, 4) is 0 Å². The number of carboxylic acids is 1. The second-order valence-electron chi connectivity index (χ2n) is 5.25. The highest BCUT2D eigenvalue weighted by Crippen LogP contribution is 2.26. The van der Waals surface area contributed by atoms with Crippen LogP contribution in [0.4, 0.5) is 10.5 Å². The number of ether oxygens (including phenoxy) is 1. The Kier molecular flexibility index (Phi) is 4.53. The minimum absolute atomic E-state index is 0.0281. The first-order valence-electron chi connectivity index (χ1n) is 6.55. The van der Waals surface area contributed by atoms with Gasteiger partial charge in [-0.1, -0.05) is 15.9 Å². The van der Waals surface area contributed by atoms with Gasteiger partial charge in [-0.25, -0.2) is 9.59 Å². The van der Waals surface area contributed by atoms with Crippen LogP contribution in [0.25, 0.3) is 0 Å². The van der Waals surface area contributed by atoms with Gasteiger partial charge < -0.3 is 20.5 Å². The standard InChI is InChI=1S/C14H17BrN2O4/c1-8-14(2,5-6-21-8)17-13(20)16-11-4-3-9(15)7-10(11)12(18)19/h3-4,7-8H,5-6H2,1-2H3,(H,18,19)(H2,16,17,20). The maximum absolute atomic E-state index is 12.1. The molecule has 1 aliphatic rings. The average Bonchev–Trinajstić information content (AvgIpc) is 2.71. The highest BCUT2D eigenvalue weighted by molar-refractivity contribution is 9.10. The molecule has 1 saturated heterocycles. The lowest BCUT2D eigenvalue weighted by Gasteiger charge is -2.29. The molecule has 0 saturated carbocycles. The number of amides is 2. The highest BCUT2D eigenvalue weighted by atomic mass is 79.9. The summed E-state index contributed by atoms with van der Waals surface area (Å²) in [5.74, 6) is -1.10. The van der Waals surface area contributed by atoms with Crippen LogP contribution in [0, 0.1) is 0 Å². The zero-order valence-corrected chi connectivity index (χ0v) is 13.4. The van der Waals surface area contributed by atoms with Crippen LogP contribution in [0.3, 0.4) is 0 Å². The van der Waals surface area contributed by atoms with E-state index < -0.39 is 17.5 Å². The molecular formula is C14H17BrN2O4. The number of carbonyl (C=O) groups is 2. The number of rotatable bonds is 3. The van der Waals surface area contributed by atoms with Crippen molar-refractivity contribution in [2.24, 2.45) is 0 Å². The Morgan fingerprint density at radius 2 is 2.19 bits per heavy atom. The molecule has 7 heteroatoms. The Balaban J connectivity index is 2.11. The summed E-state index contributed by atoms with van der Waals surface area (Å²) in [4.78, 5) is 23.3. The number of benzene rings is 1. The molecule has 0 radical (unpaired) electrons. The van der Waals surface area contributed by atoms with Gasteiger partial charge in [-0.2, -0.15) is 0 Å². The molecular weight excluding hydrogens is 340 g/mol. The van der Waals surface area contributed by atoms with Crippen LogP contribution >= 0.6 is 15.9 Å². The van der Waals surface area contributed by atoms with Crippen LogP contribution in [0.15, 0.2) is 22.7 Å². The van der Waals surface area contributed by atoms with Crippen molar-refractivity contribution < 1.29 is 19.4 Å². The Bertz CT molecular complexity index is 578. The minimum atomic E-state index is -1.10. The molecule has 114 valence electrons. The molecule has 1 aromatic rings. The van der Waals surface area contributed by atoms with Gasteiger partial charge in [0, 0.05) is 11.1 Å². The van der Waals surface area contributed by atoms with Crippen molar-refractivity contribution in [1.29, 1.82) is 0 Å². The van der Waals surface area contributed by atoms with Crippen LogP contribution in [0.1, 0.15) is 30.6 Å². The van der Waals surface area contributed by atoms with Gasteiger partial charge >= 0.3 is 12.0 Å². The molecule has 0 aromatic heterocycles. The smallest absolute Gasteiger partial charge is 0.337 e. The normalized spacial score (nSPS) is 24.6. The van der Waals surface area contributed by atoms with Gasteiger partial charge in [0.25, 0.3) is 0 Å². The SMILES string of the molecule is CC1OCCC1(C)NC(=O)Nc1ccc(Br)cc1C(=O)O. The van der Waals surface area contributed by atoms with Gasteiger partial charge in [-0.15, -0.1) is 0 Å². The average molecular weight is 357 g/mol. The first kappa shape index (κ1) is 15.8. The third kappa shape index (κ3) is 3.54. The molecule has 2 atom stereocenters. The van der Waals surface area contributed by atoms with E-state index in [1.807, 2.05) is 13.8 Å². The third-order valence-electron chi connectivity index (χ3n) is 3.75. The van der Waals surface area contributed by atoms with E-state index in [-0.39, 0.29) is 17.4 Å². The minimum Gasteiger partial charge on any atom is -0.478 e. The quantitative estimate of drug-likeness (QED) is 0.776. The van der Waals surface area contributed by atoms with Crippen molar-refractivity contribution in [1.82, 2.24) is 5.32 Å². The largest absolute Gasteiger partial charge is 0.478 e. The van der Waals surface area contributed by atoms with Gasteiger partial charge in [-0.3, -0.25) is 0 Å². The number of anilines is 1. The van der Waals surface area contributed by atoms with Gasteiger partial charge in [0.1, 0.15) is 0 Å². The number of carbonyl (C=O) groups excluding carboxylic acids is 1. The van der Waals surface area contributed by atoms with Crippen molar-refractivity contribution in [2.75, 3.05) is 11.9 Å². The molecule has 1 heterocycles. The van der Waals surface area contributed by atoms with Crippen LogP contribution in [0.5, 0.6) is 0 Å². The van der Waals surface area contributed by atoms with Crippen LogP contribution in [-0.2, 0) is 4.74 Å². The van der Waals surface area contributed by atoms with E-state index in [4.69, 9.17) is 9.84 Å². The number of urea groups is 1. The lowest BCUT2D eigenvalue weighted by Crippen LogP contribution is -2.52. The zero-order valence-electron chi connectivity index (χ0n) is 11.8. The second kappa shape index (κ2) is 6.03. The monoisotopic (exact) mass is 356 g/mol. The maximum atomic E-state index is 12.1. The van der Waals surface area contributed by atoms with Crippen molar-refractivity contribution in [3.63, 3.8) is 0 Å². The summed E-state index contributed by atoms with van der Waals surface area (Å²) in [5.41, 5.74) is -0.179. The predicted molar refractivity (Wildman–Crippen MR) is 81.7 cm³/mol. The van der Waals surface area contributed by atoms with Crippen molar-refractivity contribution >= 4 is 33.6 Å². The highest BCUT2D eigenvalue weighted by Gasteiger charge is 2.38. The van der Waals surface area contributed by atoms with E-state index in [0.29, 0.717) is 17.5 Å². The summed E-state index contributed by atoms with van der Waals surface area (Å²) in [6, 6.07) is 4.22. The Labute approximate surface area is 131 Å². The Morgan fingerprint density at radius 1 is 1.48 bits per heavy atom. The fraction of sp³-hybridized carbons (Fsp3) is 0.429. The van der Waals surface area contributed by atoms with Gasteiger partial charge in [0.05, 0.1) is 22.9 Å². The molecule has 0 aliphatic carbocycles. The van der Waals surface area contributed by atoms with Gasteiger partial charge in [-0.05, 0) is 38.5 Å². The lowest BCUT2D eigenvalue weighted by atomic mass is 9.95. The maximum Gasteiger partial charge on any atom is 0.337 e. The first-order chi connectivity index (χ1) is 9.82. The first-order valence-corrected chi connectivity index (χ1v) is 7.35. The van der Waals surface area contributed by atoms with E-state index in [2.05, 4.69) is 26.6 Å². The van der Waals surface area contributed by atoms with Crippen molar-refractivity contribution in [3.05, 3.63) is 28.2 Å². The molecule has 2 rings (SSSR count). The van der Waals surface area contributed by atoms with Gasteiger partial charge in [0.15, 0.2) is 0 Å². The second-order valence-corrected chi connectivity index (χ2v) is 6.17. The van der Waals surface area contributed by atoms with Crippen LogP contribution in [-0.4, -0.2) is 35.4 Å². The molecule has 1 aromatic carbocycles. The summed E-state index contributed by atoms with van der Waals surface area (Å²) in [7, 11) is 0. The Morgan fingerprint density at radius 3 is 2.76 bits per heavy atom. The van der Waals surface area contributed by atoms with Crippen LogP contribution in [0.2, 0.25) is 0 Å². The van der Waals surface area contributed by atoms with Crippen molar-refractivity contribution in [2.45, 2.75) is 31.9 Å². The summed E-state index contributed by atoms with van der Waals surface area (Å²) in [6.45, 7) is 4.40. The summed E-state index contributed by atoms with van der Waals surface area (Å²) < 4.78 is 6.09. The zero-order chi connectivity index (χ0) is 15.6. The van der Waals surface area contributed by atoms with E-state index in [1.54, 1.807) is 12.1 Å². The number of carboxylic acid groups (broad SMARTS) is 1. The van der Waals surface area contributed by atoms with Crippen LogP contribution < -0.4 is 10.6 Å². The molecule has 0 bridgehead atoms. The number of hydrogen-bond acceptors (Lipinski definition) is 3. The molecule has 2 amide bonds. The summed E-state index contributed by atoms with van der Waals surface area (Å²) in [5, 5.41) is 14.6. The molecule has 1 aliphatic heterocycles. The van der Waals surface area contributed by atoms with Gasteiger partial charge in [0.2, 0.25) is 0 Å². The van der Waals surface area contributed by atoms with E-state index in [1.165, 1.54) is 6.07 Å². The molecule has 3 N–H and O–H groups in total. The predicted octanol–water partition coefficient (Wildman–Crippen LogP) is 2.84.